The van der Waals surface area contributed by atoms with Gasteiger partial charge in [0, 0.05) is 13.1 Å². The van der Waals surface area contributed by atoms with Crippen molar-refractivity contribution in [1.82, 2.24) is 4.90 Å². The van der Waals surface area contributed by atoms with Crippen molar-refractivity contribution in [2.45, 2.75) is 52.5 Å². The zero-order valence-electron chi connectivity index (χ0n) is 10.9. The van der Waals surface area contributed by atoms with Gasteiger partial charge in [0.1, 0.15) is 0 Å². The summed E-state index contributed by atoms with van der Waals surface area (Å²) in [5, 5.41) is 0. The number of carbonyl (C=O) groups excluding carboxylic acids is 1. The smallest absolute Gasteiger partial charge is 0.239 e. The second kappa shape index (κ2) is 6.24. The van der Waals surface area contributed by atoms with Crippen LogP contribution in [0.2, 0.25) is 0 Å². The highest BCUT2D eigenvalue weighted by Gasteiger charge is 2.30. The summed E-state index contributed by atoms with van der Waals surface area (Å²) in [5.74, 6) is 1.19. The van der Waals surface area contributed by atoms with Gasteiger partial charge < -0.3 is 10.6 Å². The Hall–Kier alpha value is -0.570. The van der Waals surface area contributed by atoms with E-state index in [9.17, 15) is 4.79 Å². The van der Waals surface area contributed by atoms with Crippen molar-refractivity contribution in [1.29, 1.82) is 0 Å². The van der Waals surface area contributed by atoms with Crippen LogP contribution < -0.4 is 5.73 Å². The van der Waals surface area contributed by atoms with Gasteiger partial charge in [-0.05, 0) is 31.1 Å². The van der Waals surface area contributed by atoms with Crippen LogP contribution in [0.5, 0.6) is 0 Å². The quantitative estimate of drug-likeness (QED) is 0.722. The van der Waals surface area contributed by atoms with Crippen molar-refractivity contribution in [3.63, 3.8) is 0 Å². The van der Waals surface area contributed by atoms with E-state index in [0.29, 0.717) is 0 Å². The molecular weight excluding hydrogens is 200 g/mol. The molecule has 1 fully saturated rings. The van der Waals surface area contributed by atoms with E-state index in [1.807, 2.05) is 4.90 Å². The molecule has 1 rings (SSSR count). The molecule has 94 valence electrons. The Balaban J connectivity index is 2.50. The number of nitrogens with two attached hydrogens (primary N) is 1. The summed E-state index contributed by atoms with van der Waals surface area (Å²) in [6, 6.07) is -0.310. The first kappa shape index (κ1) is 13.5. The third kappa shape index (κ3) is 3.78. The number of carbonyl (C=O) groups is 1. The van der Waals surface area contributed by atoms with Crippen molar-refractivity contribution in [2.24, 2.45) is 17.6 Å². The van der Waals surface area contributed by atoms with E-state index >= 15 is 0 Å². The van der Waals surface area contributed by atoms with Crippen LogP contribution in [0.1, 0.15) is 46.5 Å². The zero-order valence-corrected chi connectivity index (χ0v) is 10.9. The van der Waals surface area contributed by atoms with Crippen molar-refractivity contribution >= 4 is 5.91 Å². The summed E-state index contributed by atoms with van der Waals surface area (Å²) in [4.78, 5) is 14.2. The van der Waals surface area contributed by atoms with Gasteiger partial charge in [-0.25, -0.2) is 0 Å². The van der Waals surface area contributed by atoms with E-state index in [-0.39, 0.29) is 17.9 Å². The zero-order chi connectivity index (χ0) is 12.1. The highest BCUT2D eigenvalue weighted by molar-refractivity contribution is 5.82. The molecule has 0 aromatic rings. The Morgan fingerprint density at radius 1 is 1.44 bits per heavy atom. The van der Waals surface area contributed by atoms with E-state index in [0.717, 1.165) is 31.8 Å². The molecule has 2 atom stereocenters. The minimum atomic E-state index is -0.310. The molecule has 0 aliphatic heterocycles. The largest absolute Gasteiger partial charge is 0.341 e. The summed E-state index contributed by atoms with van der Waals surface area (Å²) in [6.45, 7) is 8.05. The van der Waals surface area contributed by atoms with Gasteiger partial charge >= 0.3 is 0 Å². The molecule has 2 N–H and O–H groups in total. The summed E-state index contributed by atoms with van der Waals surface area (Å²) in [7, 11) is 0. The third-order valence-electron chi connectivity index (χ3n) is 3.52. The fourth-order valence-corrected chi connectivity index (χ4v) is 1.88. The first-order valence-electron chi connectivity index (χ1n) is 6.64. The molecule has 1 aliphatic rings. The van der Waals surface area contributed by atoms with E-state index in [1.165, 1.54) is 12.8 Å². The second-order valence-corrected chi connectivity index (χ2v) is 5.14. The fraction of sp³-hybridized carbons (Fsp3) is 0.923. The van der Waals surface area contributed by atoms with Crippen LogP contribution in [-0.4, -0.2) is 29.9 Å². The fourth-order valence-electron chi connectivity index (χ4n) is 1.88. The molecule has 1 amide bonds. The molecule has 0 heterocycles. The average molecular weight is 226 g/mol. The lowest BCUT2D eigenvalue weighted by Gasteiger charge is -2.27. The van der Waals surface area contributed by atoms with E-state index in [1.54, 1.807) is 0 Å². The number of rotatable bonds is 7. The van der Waals surface area contributed by atoms with Gasteiger partial charge in [-0.15, -0.1) is 0 Å². The highest BCUT2D eigenvalue weighted by atomic mass is 16.2. The molecule has 0 aromatic heterocycles. The minimum absolute atomic E-state index is 0.156. The summed E-state index contributed by atoms with van der Waals surface area (Å²) in [6.07, 6.45) is 4.56. The van der Waals surface area contributed by atoms with Crippen LogP contribution >= 0.6 is 0 Å². The van der Waals surface area contributed by atoms with Crippen LogP contribution in [-0.2, 0) is 4.79 Å². The SMILES string of the molecule is CCCN(CC1CC1)C(=O)[C@@H](N)[C@@H](C)CC. The number of hydrogen-bond acceptors (Lipinski definition) is 2. The van der Waals surface area contributed by atoms with Crippen molar-refractivity contribution in [3.05, 3.63) is 0 Å². The lowest BCUT2D eigenvalue weighted by molar-refractivity contribution is -0.134. The molecule has 1 saturated carbocycles. The van der Waals surface area contributed by atoms with E-state index in [4.69, 9.17) is 5.73 Å². The van der Waals surface area contributed by atoms with Crippen LogP contribution in [0, 0.1) is 11.8 Å². The van der Waals surface area contributed by atoms with Crippen LogP contribution in [0.3, 0.4) is 0 Å². The van der Waals surface area contributed by atoms with Crippen molar-refractivity contribution in [2.75, 3.05) is 13.1 Å². The molecule has 16 heavy (non-hydrogen) atoms. The molecule has 0 spiro atoms. The number of amides is 1. The highest BCUT2D eigenvalue weighted by Crippen LogP contribution is 2.30. The monoisotopic (exact) mass is 226 g/mol. The molecule has 3 nitrogen and oxygen atoms in total. The molecule has 0 radical (unpaired) electrons. The maximum Gasteiger partial charge on any atom is 0.239 e. The van der Waals surface area contributed by atoms with Crippen molar-refractivity contribution < 1.29 is 4.79 Å². The lowest BCUT2D eigenvalue weighted by atomic mass is 9.98. The first-order chi connectivity index (χ1) is 7.60. The predicted molar refractivity (Wildman–Crippen MR) is 67.0 cm³/mol. The molecule has 0 unspecified atom stereocenters. The Morgan fingerprint density at radius 3 is 2.50 bits per heavy atom. The summed E-state index contributed by atoms with van der Waals surface area (Å²) < 4.78 is 0. The second-order valence-electron chi connectivity index (χ2n) is 5.14. The van der Waals surface area contributed by atoms with Gasteiger partial charge in [-0.3, -0.25) is 4.79 Å². The summed E-state index contributed by atoms with van der Waals surface area (Å²) >= 11 is 0. The topological polar surface area (TPSA) is 46.3 Å². The predicted octanol–water partition coefficient (Wildman–Crippen LogP) is 2.01. The molecule has 0 aromatic carbocycles. The normalized spacial score (nSPS) is 19.2. The Bertz CT molecular complexity index is 226. The maximum absolute atomic E-state index is 12.2. The molecule has 3 heteroatoms. The Kier molecular flexibility index (Phi) is 5.26. The average Bonchev–Trinajstić information content (AvgIpc) is 3.09. The maximum atomic E-state index is 12.2. The standard InChI is InChI=1S/C13H26N2O/c1-4-8-15(9-11-6-7-11)13(16)12(14)10(3)5-2/h10-12H,4-9,14H2,1-3H3/t10-,12-/m0/s1. The van der Waals surface area contributed by atoms with Crippen molar-refractivity contribution in [3.8, 4) is 0 Å². The van der Waals surface area contributed by atoms with E-state index in [2.05, 4.69) is 20.8 Å². The third-order valence-corrected chi connectivity index (χ3v) is 3.52. The number of hydrogen-bond donors (Lipinski definition) is 1. The van der Waals surface area contributed by atoms with Gasteiger partial charge in [0.2, 0.25) is 5.91 Å². The molecule has 0 bridgehead atoms. The lowest BCUT2D eigenvalue weighted by Crippen LogP contribution is -2.48. The Morgan fingerprint density at radius 2 is 2.06 bits per heavy atom. The molecule has 1 aliphatic carbocycles. The van der Waals surface area contributed by atoms with Crippen LogP contribution in [0.4, 0.5) is 0 Å². The van der Waals surface area contributed by atoms with Gasteiger partial charge in [0.05, 0.1) is 6.04 Å². The van der Waals surface area contributed by atoms with Gasteiger partial charge in [-0.1, -0.05) is 27.2 Å². The van der Waals surface area contributed by atoms with Gasteiger partial charge in [0.15, 0.2) is 0 Å². The number of nitrogens with zero attached hydrogens (tertiary/aromatic N) is 1. The summed E-state index contributed by atoms with van der Waals surface area (Å²) in [5.41, 5.74) is 6.01. The van der Waals surface area contributed by atoms with Gasteiger partial charge in [0.25, 0.3) is 0 Å². The van der Waals surface area contributed by atoms with Crippen LogP contribution in [0.25, 0.3) is 0 Å². The first-order valence-corrected chi connectivity index (χ1v) is 6.64. The van der Waals surface area contributed by atoms with E-state index < -0.39 is 0 Å². The molecular formula is C13H26N2O. The Labute approximate surface area is 99.4 Å². The minimum Gasteiger partial charge on any atom is -0.341 e. The van der Waals surface area contributed by atoms with Crippen LogP contribution in [0.15, 0.2) is 0 Å². The molecule has 0 saturated heterocycles. The van der Waals surface area contributed by atoms with Gasteiger partial charge in [-0.2, -0.15) is 0 Å².